The monoisotopic (exact) mass is 344 g/mol. The van der Waals surface area contributed by atoms with E-state index < -0.39 is 18.3 Å². The van der Waals surface area contributed by atoms with E-state index in [1.807, 2.05) is 26.8 Å². The van der Waals surface area contributed by atoms with Crippen LogP contribution in [0, 0.1) is 11.3 Å². The van der Waals surface area contributed by atoms with Crippen molar-refractivity contribution in [3.05, 3.63) is 34.9 Å². The smallest absolute Gasteiger partial charge is 0.416 e. The molecule has 1 aromatic rings. The van der Waals surface area contributed by atoms with Gasteiger partial charge in [0.05, 0.1) is 19.9 Å². The number of nitriles is 1. The van der Waals surface area contributed by atoms with Gasteiger partial charge in [0.1, 0.15) is 11.6 Å². The third kappa shape index (κ3) is 3.08. The van der Waals surface area contributed by atoms with Crippen molar-refractivity contribution in [2.75, 3.05) is 19.1 Å². The number of benzene rings is 1. The van der Waals surface area contributed by atoms with Gasteiger partial charge in [0, 0.05) is 11.1 Å². The molecule has 1 aromatic carbocycles. The summed E-state index contributed by atoms with van der Waals surface area (Å²) in [6.07, 6.45) is -2.32. The number of methoxy groups -OCH3 is 2. The number of carbonyl (C=O) groups is 2. The first-order chi connectivity index (χ1) is 11.7. The first kappa shape index (κ1) is 18.5. The Morgan fingerprint density at radius 3 is 2.36 bits per heavy atom. The lowest BCUT2D eigenvalue weighted by Gasteiger charge is -2.23. The van der Waals surface area contributed by atoms with Crippen LogP contribution in [0.2, 0.25) is 0 Å². The first-order valence-corrected chi connectivity index (χ1v) is 7.60. The molecule has 1 N–H and O–H groups in total. The second-order valence-corrected chi connectivity index (χ2v) is 6.59. The summed E-state index contributed by atoms with van der Waals surface area (Å²) in [5.74, 6) is -0.880. The van der Waals surface area contributed by atoms with Crippen LogP contribution in [0.3, 0.4) is 0 Å². The fourth-order valence-electron chi connectivity index (χ4n) is 2.70. The molecule has 2 rings (SSSR count). The van der Waals surface area contributed by atoms with Crippen molar-refractivity contribution in [1.82, 2.24) is 0 Å². The molecule has 0 saturated carbocycles. The number of hydrogen-bond acceptors (Lipinski definition) is 6. The lowest BCUT2D eigenvalue weighted by atomic mass is 9.85. The molecular weight excluding hydrogens is 324 g/mol. The van der Waals surface area contributed by atoms with E-state index in [1.54, 1.807) is 18.2 Å². The van der Waals surface area contributed by atoms with Gasteiger partial charge in [-0.05, 0) is 17.0 Å². The number of fused-ring (bicyclic) bond motifs is 1. The Morgan fingerprint density at radius 1 is 1.24 bits per heavy atom. The van der Waals surface area contributed by atoms with E-state index in [9.17, 15) is 20.0 Å². The fourth-order valence-corrected chi connectivity index (χ4v) is 2.70. The van der Waals surface area contributed by atoms with E-state index in [4.69, 9.17) is 4.74 Å². The Labute approximate surface area is 146 Å². The zero-order chi connectivity index (χ0) is 18.9. The highest BCUT2D eigenvalue weighted by molar-refractivity contribution is 6.09. The molecule has 0 saturated heterocycles. The molecule has 1 heterocycles. The highest BCUT2D eigenvalue weighted by atomic mass is 16.5. The Balaban J connectivity index is 2.79. The molecule has 1 aliphatic rings. The van der Waals surface area contributed by atoms with Gasteiger partial charge in [-0.1, -0.05) is 32.9 Å². The summed E-state index contributed by atoms with van der Waals surface area (Å²) in [7, 11) is 2.33. The summed E-state index contributed by atoms with van der Waals surface area (Å²) in [6, 6.07) is 7.01. The van der Waals surface area contributed by atoms with Crippen LogP contribution in [-0.2, 0) is 19.7 Å². The SMILES string of the molecule is COC(=O)/C(C#N)=C1/c2ccc(C(C)(C)C)cc2N(C(=O)OC)C1O. The van der Waals surface area contributed by atoms with Crippen LogP contribution in [0.15, 0.2) is 23.8 Å². The summed E-state index contributed by atoms with van der Waals surface area (Å²) in [5, 5.41) is 20.0. The zero-order valence-electron chi connectivity index (χ0n) is 14.8. The number of esters is 1. The van der Waals surface area contributed by atoms with Crippen molar-refractivity contribution >= 4 is 23.3 Å². The highest BCUT2D eigenvalue weighted by Gasteiger charge is 2.41. The molecule has 132 valence electrons. The van der Waals surface area contributed by atoms with Gasteiger partial charge in [-0.3, -0.25) is 0 Å². The third-order valence-corrected chi connectivity index (χ3v) is 4.06. The Hall–Kier alpha value is -2.85. The van der Waals surface area contributed by atoms with Gasteiger partial charge in [0.15, 0.2) is 6.23 Å². The molecule has 7 heteroatoms. The third-order valence-electron chi connectivity index (χ3n) is 4.06. The van der Waals surface area contributed by atoms with Gasteiger partial charge < -0.3 is 14.6 Å². The van der Waals surface area contributed by atoms with Crippen molar-refractivity contribution in [2.24, 2.45) is 0 Å². The Bertz CT molecular complexity index is 799. The van der Waals surface area contributed by atoms with Crippen molar-refractivity contribution in [2.45, 2.75) is 32.4 Å². The molecule has 0 aromatic heterocycles. The van der Waals surface area contributed by atoms with Crippen molar-refractivity contribution in [3.63, 3.8) is 0 Å². The molecular formula is C18H20N2O5. The fraction of sp³-hybridized carbons (Fsp3) is 0.389. The second-order valence-electron chi connectivity index (χ2n) is 6.59. The predicted molar refractivity (Wildman–Crippen MR) is 90.6 cm³/mol. The van der Waals surface area contributed by atoms with Crippen LogP contribution >= 0.6 is 0 Å². The van der Waals surface area contributed by atoms with Crippen molar-refractivity contribution in [3.8, 4) is 6.07 Å². The molecule has 7 nitrogen and oxygen atoms in total. The molecule has 1 aliphatic heterocycles. The van der Waals surface area contributed by atoms with Gasteiger partial charge in [-0.25, -0.2) is 14.5 Å². The summed E-state index contributed by atoms with van der Waals surface area (Å²) < 4.78 is 9.35. The number of aliphatic hydroxyl groups excluding tert-OH is 1. The quantitative estimate of drug-likeness (QED) is 0.477. The van der Waals surface area contributed by atoms with Crippen molar-refractivity contribution < 1.29 is 24.2 Å². The summed E-state index contributed by atoms with van der Waals surface area (Å²) >= 11 is 0. The minimum absolute atomic E-state index is 0.0233. The molecule has 25 heavy (non-hydrogen) atoms. The number of ether oxygens (including phenoxy) is 2. The van der Waals surface area contributed by atoms with Crippen LogP contribution in [-0.4, -0.2) is 37.6 Å². The molecule has 0 fully saturated rings. The summed E-state index contributed by atoms with van der Waals surface area (Å²) in [6.45, 7) is 6.03. The average Bonchev–Trinajstić information content (AvgIpc) is 2.85. The van der Waals surface area contributed by atoms with Crippen molar-refractivity contribution in [1.29, 1.82) is 5.26 Å². The number of hydrogen-bond donors (Lipinski definition) is 1. The maximum Gasteiger partial charge on any atom is 0.416 e. The Morgan fingerprint density at radius 2 is 1.88 bits per heavy atom. The maximum absolute atomic E-state index is 12.2. The standard InChI is InChI=1S/C18H20N2O5/c1-18(2,3)10-6-7-11-13(8-10)20(17(23)25-5)15(21)14(11)12(9-19)16(22)24-4/h6-8,15,21H,1-5H3/b14-12-. The number of amides is 1. The van der Waals surface area contributed by atoms with E-state index >= 15 is 0 Å². The zero-order valence-corrected chi connectivity index (χ0v) is 14.8. The molecule has 1 amide bonds. The van der Waals surface area contributed by atoms with Gasteiger partial charge in [0.25, 0.3) is 0 Å². The van der Waals surface area contributed by atoms with Crippen LogP contribution in [0.5, 0.6) is 0 Å². The van der Waals surface area contributed by atoms with Crippen LogP contribution in [0.1, 0.15) is 31.9 Å². The van der Waals surface area contributed by atoms with E-state index in [-0.39, 0.29) is 16.6 Å². The minimum atomic E-state index is -1.52. The predicted octanol–water partition coefficient (Wildman–Crippen LogP) is 2.34. The first-order valence-electron chi connectivity index (χ1n) is 7.60. The van der Waals surface area contributed by atoms with Gasteiger partial charge in [0.2, 0.25) is 0 Å². The largest absolute Gasteiger partial charge is 0.465 e. The topological polar surface area (TPSA) is 99.9 Å². The van der Waals surface area contributed by atoms with Gasteiger partial charge in [-0.2, -0.15) is 5.26 Å². The lowest BCUT2D eigenvalue weighted by molar-refractivity contribution is -0.135. The molecule has 0 spiro atoms. The molecule has 1 atom stereocenters. The molecule has 0 bridgehead atoms. The van der Waals surface area contributed by atoms with Gasteiger partial charge >= 0.3 is 12.1 Å². The van der Waals surface area contributed by atoms with E-state index in [0.717, 1.165) is 17.6 Å². The number of anilines is 1. The highest BCUT2D eigenvalue weighted by Crippen LogP contribution is 2.43. The minimum Gasteiger partial charge on any atom is -0.465 e. The van der Waals surface area contributed by atoms with Crippen LogP contribution in [0.4, 0.5) is 10.5 Å². The number of nitrogens with zero attached hydrogens (tertiary/aromatic N) is 2. The number of aliphatic hydroxyl groups is 1. The average molecular weight is 344 g/mol. The molecule has 1 unspecified atom stereocenters. The number of rotatable bonds is 1. The molecule has 0 aliphatic carbocycles. The maximum atomic E-state index is 12.2. The van der Waals surface area contributed by atoms with E-state index in [0.29, 0.717) is 11.3 Å². The summed E-state index contributed by atoms with van der Waals surface area (Å²) in [4.78, 5) is 25.1. The normalized spacial score (nSPS) is 18.3. The van der Waals surface area contributed by atoms with Crippen LogP contribution < -0.4 is 4.90 Å². The lowest BCUT2D eigenvalue weighted by Crippen LogP contribution is -2.37. The van der Waals surface area contributed by atoms with E-state index in [2.05, 4.69) is 4.74 Å². The second kappa shape index (κ2) is 6.57. The van der Waals surface area contributed by atoms with Crippen LogP contribution in [0.25, 0.3) is 5.57 Å². The van der Waals surface area contributed by atoms with E-state index in [1.165, 1.54) is 7.11 Å². The summed E-state index contributed by atoms with van der Waals surface area (Å²) in [5.41, 5.74) is 1.17. The van der Waals surface area contributed by atoms with Gasteiger partial charge in [-0.15, -0.1) is 0 Å². The Kier molecular flexibility index (Phi) is 4.86. The number of carbonyl (C=O) groups excluding carboxylic acids is 2. The molecule has 0 radical (unpaired) electrons.